The first-order chi connectivity index (χ1) is 9.82. The molecular formula is C18H24O2Si. The number of benzene rings is 2. The second kappa shape index (κ2) is 6.12. The van der Waals surface area contributed by atoms with E-state index in [2.05, 4.69) is 52.1 Å². The molecule has 0 saturated heterocycles. The van der Waals surface area contributed by atoms with Gasteiger partial charge in [-0.2, -0.15) is 0 Å². The van der Waals surface area contributed by atoms with Gasteiger partial charge in [0, 0.05) is 5.56 Å². The van der Waals surface area contributed by atoms with E-state index in [0.29, 0.717) is 6.61 Å². The van der Waals surface area contributed by atoms with Crippen LogP contribution in [0, 0.1) is 0 Å². The van der Waals surface area contributed by atoms with E-state index < -0.39 is 9.04 Å². The van der Waals surface area contributed by atoms with Gasteiger partial charge < -0.3 is 4.43 Å². The Labute approximate surface area is 128 Å². The van der Waals surface area contributed by atoms with Crippen LogP contribution in [0.15, 0.2) is 30.3 Å². The number of aldehydes is 1. The molecule has 0 aliphatic rings. The minimum absolute atomic E-state index is 0.0781. The van der Waals surface area contributed by atoms with Gasteiger partial charge in [-0.05, 0) is 46.5 Å². The first-order valence-electron chi connectivity index (χ1n) is 7.46. The average molecular weight is 300 g/mol. The van der Waals surface area contributed by atoms with E-state index in [9.17, 15) is 4.79 Å². The Morgan fingerprint density at radius 2 is 1.86 bits per heavy atom. The van der Waals surface area contributed by atoms with Gasteiger partial charge in [-0.3, -0.25) is 4.79 Å². The molecule has 0 bridgehead atoms. The Bertz CT molecular complexity index is 654. The van der Waals surface area contributed by atoms with Crippen LogP contribution in [0.5, 0.6) is 0 Å². The molecule has 2 rings (SSSR count). The quantitative estimate of drug-likeness (QED) is 0.616. The summed E-state index contributed by atoms with van der Waals surface area (Å²) in [6.45, 7) is 11.7. The third kappa shape index (κ3) is 3.60. The number of hydrogen-bond donors (Lipinski definition) is 0. The van der Waals surface area contributed by atoms with Crippen molar-refractivity contribution in [2.24, 2.45) is 0 Å². The molecule has 0 aliphatic carbocycles. The predicted octanol–water partition coefficient (Wildman–Crippen LogP) is 4.45. The lowest BCUT2D eigenvalue weighted by molar-refractivity contribution is 0.112. The van der Waals surface area contributed by atoms with E-state index >= 15 is 0 Å². The molecule has 0 fully saturated rings. The van der Waals surface area contributed by atoms with Gasteiger partial charge in [0.2, 0.25) is 0 Å². The minimum Gasteiger partial charge on any atom is -0.416 e. The summed E-state index contributed by atoms with van der Waals surface area (Å²) in [6.07, 6.45) is 0.897. The fourth-order valence-corrected chi connectivity index (χ4v) is 3.09. The van der Waals surface area contributed by atoms with Gasteiger partial charge in [0.05, 0.1) is 6.61 Å². The summed E-state index contributed by atoms with van der Waals surface area (Å²) in [5.41, 5.74) is 3.38. The van der Waals surface area contributed by atoms with Gasteiger partial charge in [0.1, 0.15) is 6.29 Å². The molecule has 0 N–H and O–H groups in total. The first kappa shape index (κ1) is 15.9. The maximum Gasteiger partial charge on any atom is 0.171 e. The van der Waals surface area contributed by atoms with Gasteiger partial charge in [-0.25, -0.2) is 0 Å². The summed E-state index contributed by atoms with van der Waals surface area (Å²) < 4.78 is 6.00. The third-order valence-electron chi connectivity index (χ3n) is 3.66. The zero-order valence-corrected chi connectivity index (χ0v) is 14.7. The standard InChI is InChI=1S/C18H24O2Si/c1-18(2,3)17-9-7-14-10-13(11-19)6-8-15(14)16(17)12-20-21(4)5/h6-11,21H,12H2,1-5H3. The van der Waals surface area contributed by atoms with E-state index in [4.69, 9.17) is 4.43 Å². The van der Waals surface area contributed by atoms with Crippen molar-refractivity contribution in [3.63, 3.8) is 0 Å². The molecule has 0 amide bonds. The van der Waals surface area contributed by atoms with E-state index in [1.165, 1.54) is 16.5 Å². The molecule has 2 aromatic rings. The van der Waals surface area contributed by atoms with Crippen LogP contribution in [0.3, 0.4) is 0 Å². The topological polar surface area (TPSA) is 26.3 Å². The normalized spacial score (nSPS) is 12.1. The first-order valence-corrected chi connectivity index (χ1v) is 10.2. The number of carbonyl (C=O) groups excluding carboxylic acids is 1. The molecule has 0 aliphatic heterocycles. The Kier molecular flexibility index (Phi) is 4.64. The molecule has 0 atom stereocenters. The summed E-state index contributed by atoms with van der Waals surface area (Å²) in [5, 5.41) is 2.30. The van der Waals surface area contributed by atoms with Crippen LogP contribution in [0.25, 0.3) is 10.8 Å². The lowest BCUT2D eigenvalue weighted by Gasteiger charge is -2.25. The maximum atomic E-state index is 11.0. The van der Waals surface area contributed by atoms with Gasteiger partial charge >= 0.3 is 0 Å². The maximum absolute atomic E-state index is 11.0. The van der Waals surface area contributed by atoms with Gasteiger partial charge in [-0.1, -0.05) is 45.0 Å². The summed E-state index contributed by atoms with van der Waals surface area (Å²) >= 11 is 0. The number of carbonyl (C=O) groups is 1. The molecule has 2 nitrogen and oxygen atoms in total. The van der Waals surface area contributed by atoms with Gasteiger partial charge in [0.15, 0.2) is 9.04 Å². The van der Waals surface area contributed by atoms with Gasteiger partial charge in [0.25, 0.3) is 0 Å². The number of fused-ring (bicyclic) bond motifs is 1. The number of hydrogen-bond acceptors (Lipinski definition) is 2. The Balaban J connectivity index is 2.63. The van der Waals surface area contributed by atoms with Crippen LogP contribution >= 0.6 is 0 Å². The van der Waals surface area contributed by atoms with Crippen LogP contribution in [-0.4, -0.2) is 15.3 Å². The van der Waals surface area contributed by atoms with Crippen LogP contribution in [0.1, 0.15) is 42.3 Å². The van der Waals surface area contributed by atoms with Crippen molar-refractivity contribution < 1.29 is 9.22 Å². The van der Waals surface area contributed by atoms with Crippen LogP contribution < -0.4 is 0 Å². The highest BCUT2D eigenvalue weighted by atomic mass is 28.3. The van der Waals surface area contributed by atoms with E-state index in [-0.39, 0.29) is 5.41 Å². The molecule has 21 heavy (non-hydrogen) atoms. The van der Waals surface area contributed by atoms with E-state index in [1.54, 1.807) is 0 Å². The summed E-state index contributed by atoms with van der Waals surface area (Å²) in [4.78, 5) is 11.0. The lowest BCUT2D eigenvalue weighted by atomic mass is 9.82. The van der Waals surface area contributed by atoms with E-state index in [0.717, 1.165) is 17.2 Å². The molecule has 0 unspecified atom stereocenters. The van der Waals surface area contributed by atoms with Crippen molar-refractivity contribution in [3.05, 3.63) is 47.0 Å². The molecular weight excluding hydrogens is 276 g/mol. The summed E-state index contributed by atoms with van der Waals surface area (Å²) in [7, 11) is -1.07. The largest absolute Gasteiger partial charge is 0.416 e. The second-order valence-corrected chi connectivity index (χ2v) is 9.23. The van der Waals surface area contributed by atoms with Crippen molar-refractivity contribution in [2.75, 3.05) is 0 Å². The number of rotatable bonds is 4. The van der Waals surface area contributed by atoms with Crippen LogP contribution in [0.2, 0.25) is 13.1 Å². The van der Waals surface area contributed by atoms with Crippen molar-refractivity contribution in [3.8, 4) is 0 Å². The van der Waals surface area contributed by atoms with Gasteiger partial charge in [-0.15, -0.1) is 0 Å². The SMILES string of the molecule is C[SiH](C)OCc1c(C(C)(C)C)ccc2cc(C=O)ccc12. The fourth-order valence-electron chi connectivity index (χ4n) is 2.59. The monoisotopic (exact) mass is 300 g/mol. The molecule has 0 spiro atoms. The molecule has 0 radical (unpaired) electrons. The van der Waals surface area contributed by atoms with Crippen molar-refractivity contribution >= 4 is 26.1 Å². The molecule has 0 aromatic heterocycles. The second-order valence-electron chi connectivity index (χ2n) is 6.80. The zero-order chi connectivity index (χ0) is 15.6. The highest BCUT2D eigenvalue weighted by molar-refractivity contribution is 6.48. The average Bonchev–Trinajstić information content (AvgIpc) is 2.42. The van der Waals surface area contributed by atoms with Crippen molar-refractivity contribution in [1.82, 2.24) is 0 Å². The Morgan fingerprint density at radius 3 is 2.43 bits per heavy atom. The highest BCUT2D eigenvalue weighted by Crippen LogP contribution is 2.32. The fraction of sp³-hybridized carbons (Fsp3) is 0.389. The minimum atomic E-state index is -1.07. The zero-order valence-electron chi connectivity index (χ0n) is 13.6. The Morgan fingerprint density at radius 1 is 1.14 bits per heavy atom. The van der Waals surface area contributed by atoms with E-state index in [1.807, 2.05) is 12.1 Å². The predicted molar refractivity (Wildman–Crippen MR) is 91.7 cm³/mol. The Hall–Kier alpha value is -1.45. The van der Waals surface area contributed by atoms with Crippen LogP contribution in [-0.2, 0) is 16.4 Å². The summed E-state index contributed by atoms with van der Waals surface area (Å²) in [6, 6.07) is 10.2. The molecule has 0 heterocycles. The van der Waals surface area contributed by atoms with Crippen molar-refractivity contribution in [1.29, 1.82) is 0 Å². The molecule has 2 aromatic carbocycles. The smallest absolute Gasteiger partial charge is 0.171 e. The highest BCUT2D eigenvalue weighted by Gasteiger charge is 2.20. The third-order valence-corrected chi connectivity index (χ3v) is 4.49. The molecule has 0 saturated carbocycles. The molecule has 3 heteroatoms. The lowest BCUT2D eigenvalue weighted by Crippen LogP contribution is -2.17. The summed E-state index contributed by atoms with van der Waals surface area (Å²) in [5.74, 6) is 0. The van der Waals surface area contributed by atoms with Crippen molar-refractivity contribution in [2.45, 2.75) is 45.9 Å². The van der Waals surface area contributed by atoms with Crippen LogP contribution in [0.4, 0.5) is 0 Å². The molecule has 112 valence electrons.